The van der Waals surface area contributed by atoms with Crippen LogP contribution in [0.4, 0.5) is 17.5 Å². The van der Waals surface area contributed by atoms with E-state index in [1.54, 1.807) is 24.5 Å². The van der Waals surface area contributed by atoms with Crippen LogP contribution in [-0.4, -0.2) is 20.7 Å². The van der Waals surface area contributed by atoms with Gasteiger partial charge >= 0.3 is 0 Å². The van der Waals surface area contributed by atoms with E-state index in [9.17, 15) is 4.79 Å². The molecule has 2 N–H and O–H groups in total. The number of pyridine rings is 1. The minimum absolute atomic E-state index is 0.105. The molecule has 0 saturated heterocycles. The summed E-state index contributed by atoms with van der Waals surface area (Å²) in [6.45, 7) is 3.88. The van der Waals surface area contributed by atoms with Crippen molar-refractivity contribution in [2.24, 2.45) is 15.2 Å². The van der Waals surface area contributed by atoms with E-state index in [0.717, 1.165) is 44.7 Å². The predicted molar refractivity (Wildman–Crippen MR) is 117 cm³/mol. The molecule has 0 spiro atoms. The number of rotatable bonds is 3. The fraction of sp³-hybridized carbons (Fsp3) is 0.0909. The van der Waals surface area contributed by atoms with E-state index in [1.807, 2.05) is 44.2 Å². The summed E-state index contributed by atoms with van der Waals surface area (Å²) in [6, 6.07) is 7.26. The van der Waals surface area contributed by atoms with Crippen LogP contribution in [0.25, 0.3) is 10.9 Å². The number of benzene rings is 1. The highest BCUT2D eigenvalue weighted by molar-refractivity contribution is 6.13. The third-order valence-corrected chi connectivity index (χ3v) is 4.90. The summed E-state index contributed by atoms with van der Waals surface area (Å²) in [5.41, 5.74) is 5.85. The number of azo groups is 1. The Kier molecular flexibility index (Phi) is 4.17. The molecule has 0 fully saturated rings. The van der Waals surface area contributed by atoms with Crippen molar-refractivity contribution in [1.29, 1.82) is 0 Å². The number of nitrogens with zero attached hydrogens (tertiary/aromatic N) is 5. The fourth-order valence-corrected chi connectivity index (χ4v) is 3.50. The van der Waals surface area contributed by atoms with Gasteiger partial charge in [0.1, 0.15) is 0 Å². The molecule has 8 nitrogen and oxygen atoms in total. The minimum Gasteiger partial charge on any atom is -0.324 e. The number of H-pyrrole nitrogens is 1. The number of aliphatic imine (C=N–C) groups is 1. The topological polar surface area (TPSA) is 108 Å². The summed E-state index contributed by atoms with van der Waals surface area (Å²) in [6.07, 6.45) is 9.04. The van der Waals surface area contributed by atoms with Crippen LogP contribution in [0.5, 0.6) is 0 Å². The van der Waals surface area contributed by atoms with Crippen LogP contribution in [-0.2, 0) is 0 Å². The van der Waals surface area contributed by atoms with Gasteiger partial charge < -0.3 is 10.3 Å². The molecule has 146 valence electrons. The van der Waals surface area contributed by atoms with Crippen LogP contribution in [0.15, 0.2) is 86.2 Å². The normalized spacial score (nSPS) is 16.0. The first-order valence-electron chi connectivity index (χ1n) is 9.40. The quantitative estimate of drug-likeness (QED) is 0.678. The van der Waals surface area contributed by atoms with E-state index in [4.69, 9.17) is 0 Å². The Balaban J connectivity index is 1.47. The van der Waals surface area contributed by atoms with Crippen molar-refractivity contribution in [1.82, 2.24) is 15.0 Å². The molecule has 0 amide bonds. The molecule has 1 aromatic carbocycles. The average Bonchev–Trinajstić information content (AvgIpc) is 3.19. The Hall–Kier alpha value is -4.20. The molecule has 3 aromatic rings. The van der Waals surface area contributed by atoms with E-state index >= 15 is 0 Å². The summed E-state index contributed by atoms with van der Waals surface area (Å²) in [7, 11) is 0. The Morgan fingerprint density at radius 3 is 2.93 bits per heavy atom. The number of allylic oxidation sites excluding steroid dienone is 4. The number of anilines is 2. The largest absolute Gasteiger partial charge is 0.324 e. The second-order valence-corrected chi connectivity index (χ2v) is 7.06. The molecular formula is C22H17N7O. The molecule has 0 saturated carbocycles. The lowest BCUT2D eigenvalue weighted by Gasteiger charge is -2.11. The number of aromatic amines is 1. The zero-order chi connectivity index (χ0) is 20.7. The summed E-state index contributed by atoms with van der Waals surface area (Å²) < 4.78 is 0. The number of aryl methyl sites for hydroxylation is 2. The first kappa shape index (κ1) is 17.9. The maximum Gasteiger partial charge on any atom is 0.248 e. The molecule has 2 aromatic heterocycles. The zero-order valence-electron chi connectivity index (χ0n) is 16.3. The number of hydrogen-bond donors (Lipinski definition) is 2. The molecule has 0 unspecified atom stereocenters. The lowest BCUT2D eigenvalue weighted by atomic mass is 10.0. The van der Waals surface area contributed by atoms with Gasteiger partial charge in [0.2, 0.25) is 11.5 Å². The summed E-state index contributed by atoms with van der Waals surface area (Å²) in [5.74, 6) is 0.960. The van der Waals surface area contributed by atoms with E-state index in [1.165, 1.54) is 0 Å². The van der Waals surface area contributed by atoms with Crippen molar-refractivity contribution in [3.05, 3.63) is 87.6 Å². The highest BCUT2D eigenvalue weighted by atomic mass is 16.1. The van der Waals surface area contributed by atoms with E-state index < -0.39 is 0 Å². The molecule has 8 heteroatoms. The standard InChI is InChI=1S/C22H17N7O/c1-12-9-20(30)28-21-13(2)8-14(10-15(12)21)25-22-23-7-6-19(27-22)26-17-4-3-5-18-16(17)11-24-29-18/h3-11H,1-2H3,(H,28,30)(H,23,25,27). The van der Waals surface area contributed by atoms with Crippen LogP contribution in [0.3, 0.4) is 0 Å². The first-order valence-corrected chi connectivity index (χ1v) is 9.40. The van der Waals surface area contributed by atoms with Crippen LogP contribution in [0.2, 0.25) is 0 Å². The van der Waals surface area contributed by atoms with Gasteiger partial charge in [0.05, 0.1) is 23.1 Å². The van der Waals surface area contributed by atoms with Crippen molar-refractivity contribution in [3.8, 4) is 0 Å². The van der Waals surface area contributed by atoms with Gasteiger partial charge in [0.15, 0.2) is 5.82 Å². The number of hydrogen-bond acceptors (Lipinski definition) is 7. The first-order chi connectivity index (χ1) is 14.6. The SMILES string of the molecule is Cc1cc(=O)[nH]c2c(C)cc(Nc3nccc(N=C4C=CC=C5N=NC=C54)n3)cc12. The van der Waals surface area contributed by atoms with Gasteiger partial charge in [-0.05, 0) is 49.3 Å². The Labute approximate surface area is 171 Å². The lowest BCUT2D eigenvalue weighted by Crippen LogP contribution is -2.06. The highest BCUT2D eigenvalue weighted by Crippen LogP contribution is 2.27. The van der Waals surface area contributed by atoms with Gasteiger partial charge in [-0.15, -0.1) is 0 Å². The van der Waals surface area contributed by atoms with Crippen LogP contribution >= 0.6 is 0 Å². The molecule has 0 atom stereocenters. The van der Waals surface area contributed by atoms with Crippen molar-refractivity contribution < 1.29 is 0 Å². The molecular weight excluding hydrogens is 378 g/mol. The minimum atomic E-state index is -0.105. The fourth-order valence-electron chi connectivity index (χ4n) is 3.50. The molecule has 0 radical (unpaired) electrons. The maximum atomic E-state index is 11.8. The highest BCUT2D eigenvalue weighted by Gasteiger charge is 2.17. The summed E-state index contributed by atoms with van der Waals surface area (Å²) in [4.78, 5) is 28.1. The molecule has 30 heavy (non-hydrogen) atoms. The summed E-state index contributed by atoms with van der Waals surface area (Å²) in [5, 5.41) is 12.2. The predicted octanol–water partition coefficient (Wildman–Crippen LogP) is 4.55. The monoisotopic (exact) mass is 395 g/mol. The van der Waals surface area contributed by atoms with Crippen molar-refractivity contribution in [3.63, 3.8) is 0 Å². The number of nitrogens with one attached hydrogen (secondary N) is 2. The Bertz CT molecular complexity index is 1410. The van der Waals surface area contributed by atoms with Crippen molar-refractivity contribution in [2.75, 3.05) is 5.32 Å². The van der Waals surface area contributed by atoms with Crippen molar-refractivity contribution in [2.45, 2.75) is 13.8 Å². The Morgan fingerprint density at radius 2 is 2.03 bits per heavy atom. The second kappa shape index (κ2) is 7.00. The number of aromatic nitrogens is 3. The van der Waals surface area contributed by atoms with Gasteiger partial charge in [0, 0.05) is 35.0 Å². The van der Waals surface area contributed by atoms with Gasteiger partial charge in [0.25, 0.3) is 0 Å². The van der Waals surface area contributed by atoms with Crippen LogP contribution < -0.4 is 10.9 Å². The molecule has 1 aliphatic heterocycles. The average molecular weight is 395 g/mol. The second-order valence-electron chi connectivity index (χ2n) is 7.06. The van der Waals surface area contributed by atoms with Crippen LogP contribution in [0.1, 0.15) is 11.1 Å². The molecule has 5 rings (SSSR count). The van der Waals surface area contributed by atoms with E-state index in [0.29, 0.717) is 11.8 Å². The van der Waals surface area contributed by atoms with Gasteiger partial charge in [-0.1, -0.05) is 6.08 Å². The third-order valence-electron chi connectivity index (χ3n) is 4.90. The van der Waals surface area contributed by atoms with E-state index in [2.05, 4.69) is 35.5 Å². The maximum absolute atomic E-state index is 11.8. The smallest absolute Gasteiger partial charge is 0.248 e. The third kappa shape index (κ3) is 3.24. The van der Waals surface area contributed by atoms with Crippen LogP contribution in [0, 0.1) is 13.8 Å². The molecule has 1 aliphatic carbocycles. The van der Waals surface area contributed by atoms with Gasteiger partial charge in [-0.2, -0.15) is 15.2 Å². The molecule has 0 bridgehead atoms. The van der Waals surface area contributed by atoms with E-state index in [-0.39, 0.29) is 5.56 Å². The van der Waals surface area contributed by atoms with Gasteiger partial charge in [-0.3, -0.25) is 4.79 Å². The lowest BCUT2D eigenvalue weighted by molar-refractivity contribution is 1.15. The molecule has 3 heterocycles. The van der Waals surface area contributed by atoms with Crippen molar-refractivity contribution >= 4 is 34.1 Å². The van der Waals surface area contributed by atoms with Gasteiger partial charge in [-0.25, -0.2) is 9.98 Å². The number of fused-ring (bicyclic) bond motifs is 2. The summed E-state index contributed by atoms with van der Waals surface area (Å²) >= 11 is 0. The molecule has 2 aliphatic rings. The zero-order valence-corrected chi connectivity index (χ0v) is 16.3. The Morgan fingerprint density at radius 1 is 1.13 bits per heavy atom.